The maximum atomic E-state index is 5.79. The number of hydrogen-bond donors (Lipinski definition) is 1. The fraction of sp³-hybridized carbons (Fsp3) is 0.462. The van der Waals surface area contributed by atoms with E-state index in [1.807, 2.05) is 0 Å². The smallest absolute Gasteiger partial charge is 0.0969 e. The van der Waals surface area contributed by atoms with Crippen LogP contribution >= 0.6 is 0 Å². The fourth-order valence-electron chi connectivity index (χ4n) is 2.08. The average Bonchev–Trinajstić information content (AvgIpc) is 2.57. The number of benzene rings is 1. The van der Waals surface area contributed by atoms with E-state index < -0.39 is 0 Å². The number of hydrogen-bond acceptors (Lipinski definition) is 2. The zero-order valence-corrected chi connectivity index (χ0v) is 9.19. The van der Waals surface area contributed by atoms with E-state index in [9.17, 15) is 0 Å². The molecule has 2 rings (SSSR count). The van der Waals surface area contributed by atoms with Gasteiger partial charge in [0.05, 0.1) is 11.9 Å². The van der Waals surface area contributed by atoms with Crippen molar-refractivity contribution in [1.29, 1.82) is 0 Å². The van der Waals surface area contributed by atoms with Crippen molar-refractivity contribution in [3.05, 3.63) is 35.9 Å². The maximum Gasteiger partial charge on any atom is 0.0969 e. The molecule has 0 amide bonds. The van der Waals surface area contributed by atoms with Crippen LogP contribution in [0.3, 0.4) is 0 Å². The number of amidine groups is 1. The highest BCUT2D eigenvalue weighted by Crippen LogP contribution is 2.21. The molecule has 2 N–H and O–H groups in total. The summed E-state index contributed by atoms with van der Waals surface area (Å²) >= 11 is 0. The van der Waals surface area contributed by atoms with Crippen LogP contribution in [0, 0.1) is 5.92 Å². The van der Waals surface area contributed by atoms with E-state index in [1.165, 1.54) is 5.56 Å². The highest BCUT2D eigenvalue weighted by molar-refractivity contribution is 5.84. The number of nitrogens with two attached hydrogens (primary N) is 1. The van der Waals surface area contributed by atoms with Crippen LogP contribution in [0.1, 0.15) is 25.3 Å². The Morgan fingerprint density at radius 1 is 1.33 bits per heavy atom. The van der Waals surface area contributed by atoms with Crippen LogP contribution in [0.25, 0.3) is 0 Å². The molecule has 0 bridgehead atoms. The molecule has 2 atom stereocenters. The fourth-order valence-corrected chi connectivity index (χ4v) is 2.08. The van der Waals surface area contributed by atoms with Gasteiger partial charge in [-0.3, -0.25) is 4.99 Å². The Kier molecular flexibility index (Phi) is 3.05. The first-order valence-corrected chi connectivity index (χ1v) is 5.63. The molecule has 0 fully saturated rings. The van der Waals surface area contributed by atoms with Crippen molar-refractivity contribution < 1.29 is 0 Å². The third-order valence-corrected chi connectivity index (χ3v) is 3.07. The lowest BCUT2D eigenvalue weighted by atomic mass is 10.00. The summed E-state index contributed by atoms with van der Waals surface area (Å²) in [6.07, 6.45) is 3.35. The lowest BCUT2D eigenvalue weighted by molar-refractivity contribution is 0.562. The standard InChI is InChI=1S/C13H18N2/c1-10-9-12(15-13(10)14)8-7-11-5-3-2-4-6-11/h2-6,10,12H,7-9H2,1H3,(H2,14,15)/t10?,12-/m0/s1. The molecule has 1 aliphatic heterocycles. The number of aryl methyl sites for hydroxylation is 1. The van der Waals surface area contributed by atoms with E-state index in [4.69, 9.17) is 5.73 Å². The molecule has 0 aliphatic carbocycles. The van der Waals surface area contributed by atoms with Gasteiger partial charge in [-0.05, 0) is 24.8 Å². The lowest BCUT2D eigenvalue weighted by Gasteiger charge is -2.07. The highest BCUT2D eigenvalue weighted by Gasteiger charge is 2.21. The van der Waals surface area contributed by atoms with E-state index in [0.717, 1.165) is 25.1 Å². The molecule has 1 aromatic carbocycles. The van der Waals surface area contributed by atoms with E-state index in [-0.39, 0.29) is 0 Å². The predicted octanol–water partition coefficient (Wildman–Crippen LogP) is 2.38. The van der Waals surface area contributed by atoms with Crippen molar-refractivity contribution in [2.45, 2.75) is 32.2 Å². The first-order chi connectivity index (χ1) is 7.25. The van der Waals surface area contributed by atoms with Crippen LogP contribution < -0.4 is 5.73 Å². The van der Waals surface area contributed by atoms with Crippen LogP contribution in [-0.2, 0) is 6.42 Å². The molecule has 15 heavy (non-hydrogen) atoms. The quantitative estimate of drug-likeness (QED) is 0.803. The minimum absolute atomic E-state index is 0.445. The second kappa shape index (κ2) is 4.47. The van der Waals surface area contributed by atoms with E-state index >= 15 is 0 Å². The molecule has 0 spiro atoms. The molecule has 2 nitrogen and oxygen atoms in total. The zero-order valence-electron chi connectivity index (χ0n) is 9.19. The summed E-state index contributed by atoms with van der Waals surface area (Å²) in [6.45, 7) is 2.15. The molecule has 2 heteroatoms. The Labute approximate surface area is 91.2 Å². The van der Waals surface area contributed by atoms with Crippen LogP contribution in [-0.4, -0.2) is 11.9 Å². The van der Waals surface area contributed by atoms with Gasteiger partial charge < -0.3 is 5.73 Å². The summed E-state index contributed by atoms with van der Waals surface area (Å²) in [7, 11) is 0. The molecule has 1 heterocycles. The normalized spacial score (nSPS) is 25.3. The minimum atomic E-state index is 0.445. The van der Waals surface area contributed by atoms with Crippen molar-refractivity contribution in [3.8, 4) is 0 Å². The van der Waals surface area contributed by atoms with E-state index in [0.29, 0.717) is 12.0 Å². The van der Waals surface area contributed by atoms with Gasteiger partial charge in [0.1, 0.15) is 0 Å². The van der Waals surface area contributed by atoms with Gasteiger partial charge in [-0.15, -0.1) is 0 Å². The molecule has 1 aliphatic rings. The summed E-state index contributed by atoms with van der Waals surface area (Å²) in [5, 5.41) is 0. The number of nitrogens with zero attached hydrogens (tertiary/aromatic N) is 1. The lowest BCUT2D eigenvalue weighted by Crippen LogP contribution is -2.15. The van der Waals surface area contributed by atoms with Gasteiger partial charge >= 0.3 is 0 Å². The van der Waals surface area contributed by atoms with Gasteiger partial charge in [0.2, 0.25) is 0 Å². The maximum absolute atomic E-state index is 5.79. The van der Waals surface area contributed by atoms with E-state index in [1.54, 1.807) is 0 Å². The zero-order chi connectivity index (χ0) is 10.7. The van der Waals surface area contributed by atoms with Crippen LogP contribution in [0.15, 0.2) is 35.3 Å². The highest BCUT2D eigenvalue weighted by atomic mass is 14.9. The van der Waals surface area contributed by atoms with Crippen molar-refractivity contribution in [1.82, 2.24) is 0 Å². The van der Waals surface area contributed by atoms with Gasteiger partial charge in [0.25, 0.3) is 0 Å². The number of aliphatic imine (C=N–C) groups is 1. The molecular formula is C13H18N2. The average molecular weight is 202 g/mol. The third kappa shape index (κ3) is 2.58. The molecule has 1 aromatic rings. The molecule has 0 aromatic heterocycles. The Morgan fingerprint density at radius 3 is 2.67 bits per heavy atom. The molecular weight excluding hydrogens is 184 g/mol. The van der Waals surface area contributed by atoms with Gasteiger partial charge in [0, 0.05) is 5.92 Å². The largest absolute Gasteiger partial charge is 0.387 e. The van der Waals surface area contributed by atoms with Gasteiger partial charge in [0.15, 0.2) is 0 Å². The Bertz CT molecular complexity index is 343. The Hall–Kier alpha value is -1.31. The summed E-state index contributed by atoms with van der Waals surface area (Å²) < 4.78 is 0. The summed E-state index contributed by atoms with van der Waals surface area (Å²) in [5.41, 5.74) is 7.18. The van der Waals surface area contributed by atoms with Crippen LogP contribution in [0.4, 0.5) is 0 Å². The molecule has 0 radical (unpaired) electrons. The second-order valence-corrected chi connectivity index (χ2v) is 4.37. The van der Waals surface area contributed by atoms with Crippen LogP contribution in [0.2, 0.25) is 0 Å². The molecule has 80 valence electrons. The topological polar surface area (TPSA) is 38.4 Å². The number of rotatable bonds is 3. The molecule has 0 saturated heterocycles. The Balaban J connectivity index is 1.85. The molecule has 0 saturated carbocycles. The second-order valence-electron chi connectivity index (χ2n) is 4.37. The Morgan fingerprint density at radius 2 is 2.07 bits per heavy atom. The summed E-state index contributed by atoms with van der Waals surface area (Å²) in [4.78, 5) is 4.48. The van der Waals surface area contributed by atoms with Crippen molar-refractivity contribution in [2.75, 3.05) is 0 Å². The van der Waals surface area contributed by atoms with Crippen molar-refractivity contribution >= 4 is 5.84 Å². The third-order valence-electron chi connectivity index (χ3n) is 3.07. The van der Waals surface area contributed by atoms with Gasteiger partial charge in [-0.2, -0.15) is 0 Å². The predicted molar refractivity (Wildman–Crippen MR) is 64.0 cm³/mol. The van der Waals surface area contributed by atoms with Crippen molar-refractivity contribution in [3.63, 3.8) is 0 Å². The first kappa shape index (κ1) is 10.2. The minimum Gasteiger partial charge on any atom is -0.387 e. The van der Waals surface area contributed by atoms with Crippen molar-refractivity contribution in [2.24, 2.45) is 16.6 Å². The summed E-state index contributed by atoms with van der Waals surface area (Å²) in [6, 6.07) is 11.0. The molecule has 1 unspecified atom stereocenters. The first-order valence-electron chi connectivity index (χ1n) is 5.63. The van der Waals surface area contributed by atoms with Gasteiger partial charge in [-0.25, -0.2) is 0 Å². The van der Waals surface area contributed by atoms with Gasteiger partial charge in [-0.1, -0.05) is 37.3 Å². The SMILES string of the molecule is CC1C[C@H](CCc2ccccc2)N=C1N. The summed E-state index contributed by atoms with van der Waals surface area (Å²) in [5.74, 6) is 1.32. The monoisotopic (exact) mass is 202 g/mol. The van der Waals surface area contributed by atoms with E-state index in [2.05, 4.69) is 42.2 Å². The van der Waals surface area contributed by atoms with Crippen LogP contribution in [0.5, 0.6) is 0 Å².